The SMILES string of the molecule is CN(C)C(O)CCCC(P(=O)(O)O)P(=O)(O)O. The summed E-state index contributed by atoms with van der Waals surface area (Å²) in [7, 11) is -6.44. The molecule has 0 aliphatic carbocycles. The van der Waals surface area contributed by atoms with Crippen molar-refractivity contribution in [2.24, 2.45) is 0 Å². The molecule has 0 aliphatic heterocycles. The summed E-state index contributed by atoms with van der Waals surface area (Å²) < 4.78 is 21.8. The van der Waals surface area contributed by atoms with Gasteiger partial charge in [0.05, 0.1) is 0 Å². The fourth-order valence-electron chi connectivity index (χ4n) is 1.27. The van der Waals surface area contributed by atoms with Gasteiger partial charge in [-0.25, -0.2) is 0 Å². The molecule has 0 amide bonds. The summed E-state index contributed by atoms with van der Waals surface area (Å²) in [6, 6.07) is 0. The van der Waals surface area contributed by atoms with E-state index in [4.69, 9.17) is 19.6 Å². The summed E-state index contributed by atoms with van der Waals surface area (Å²) in [6.07, 6.45) is -0.840. The predicted molar refractivity (Wildman–Crippen MR) is 61.4 cm³/mol. The van der Waals surface area contributed by atoms with Gasteiger partial charge in [0.25, 0.3) is 0 Å². The summed E-state index contributed by atoms with van der Waals surface area (Å²) in [5.41, 5.74) is 0. The van der Waals surface area contributed by atoms with Crippen LogP contribution in [0.5, 0.6) is 0 Å². The summed E-state index contributed by atoms with van der Waals surface area (Å²) in [5, 5.41) is 7.40. The smallest absolute Gasteiger partial charge is 0.340 e. The van der Waals surface area contributed by atoms with Crippen LogP contribution in [0.1, 0.15) is 19.3 Å². The maximum atomic E-state index is 10.9. The second kappa shape index (κ2) is 6.41. The van der Waals surface area contributed by atoms with Gasteiger partial charge in [-0.2, -0.15) is 0 Å². The monoisotopic (exact) mass is 291 g/mol. The van der Waals surface area contributed by atoms with Crippen molar-refractivity contribution in [3.63, 3.8) is 0 Å². The third-order valence-electron chi connectivity index (χ3n) is 2.30. The van der Waals surface area contributed by atoms with Crippen LogP contribution in [0.4, 0.5) is 0 Å². The van der Waals surface area contributed by atoms with E-state index in [0.717, 1.165) is 0 Å². The van der Waals surface area contributed by atoms with Gasteiger partial charge in [0, 0.05) is 0 Å². The molecule has 0 spiro atoms. The first-order chi connectivity index (χ1) is 7.46. The van der Waals surface area contributed by atoms with E-state index < -0.39 is 26.8 Å². The lowest BCUT2D eigenvalue weighted by Crippen LogP contribution is -2.27. The molecule has 0 saturated carbocycles. The van der Waals surface area contributed by atoms with Crippen molar-refractivity contribution in [1.29, 1.82) is 0 Å². The Hall–Kier alpha value is 0.220. The van der Waals surface area contributed by atoms with Crippen molar-refractivity contribution >= 4 is 15.2 Å². The first-order valence-electron chi connectivity index (χ1n) is 4.91. The minimum atomic E-state index is -4.84. The first kappa shape index (κ1) is 17.2. The quantitative estimate of drug-likeness (QED) is 0.319. The molecule has 5 N–H and O–H groups in total. The number of hydrogen-bond donors (Lipinski definition) is 5. The first-order valence-corrected chi connectivity index (χ1v) is 8.27. The molecule has 8 nitrogen and oxygen atoms in total. The highest BCUT2D eigenvalue weighted by molar-refractivity contribution is 7.70. The second-order valence-electron chi connectivity index (χ2n) is 4.03. The van der Waals surface area contributed by atoms with Gasteiger partial charge in [0.2, 0.25) is 0 Å². The van der Waals surface area contributed by atoms with Gasteiger partial charge in [0.15, 0.2) is 5.40 Å². The van der Waals surface area contributed by atoms with Gasteiger partial charge in [-0.05, 0) is 33.4 Å². The zero-order valence-electron chi connectivity index (χ0n) is 9.67. The van der Waals surface area contributed by atoms with E-state index in [9.17, 15) is 14.2 Å². The van der Waals surface area contributed by atoms with Crippen LogP contribution in [0.3, 0.4) is 0 Å². The summed E-state index contributed by atoms with van der Waals surface area (Å²) in [6.45, 7) is 0. The molecule has 0 radical (unpaired) electrons. The number of hydrogen-bond acceptors (Lipinski definition) is 4. The molecule has 0 aliphatic rings. The Bertz CT molecular complexity index is 300. The molecule has 1 unspecified atom stereocenters. The highest BCUT2D eigenvalue weighted by Gasteiger charge is 2.42. The molecule has 0 aromatic heterocycles. The molecule has 0 bridgehead atoms. The maximum Gasteiger partial charge on any atom is 0.340 e. The third-order valence-corrected chi connectivity index (χ3v) is 6.17. The van der Waals surface area contributed by atoms with Gasteiger partial charge in [-0.1, -0.05) is 0 Å². The van der Waals surface area contributed by atoms with Crippen LogP contribution >= 0.6 is 15.2 Å². The lowest BCUT2D eigenvalue weighted by atomic mass is 10.2. The normalized spacial score (nSPS) is 15.6. The van der Waals surface area contributed by atoms with Crippen LogP contribution in [0, 0.1) is 0 Å². The fraction of sp³-hybridized carbons (Fsp3) is 1.00. The van der Waals surface area contributed by atoms with Crippen molar-refractivity contribution in [1.82, 2.24) is 4.90 Å². The Labute approximate surface area is 99.6 Å². The molecule has 0 saturated heterocycles. The summed E-state index contributed by atoms with van der Waals surface area (Å²) in [4.78, 5) is 36.8. The Balaban J connectivity index is 4.41. The lowest BCUT2D eigenvalue weighted by molar-refractivity contribution is 0.0314. The van der Waals surface area contributed by atoms with E-state index >= 15 is 0 Å². The summed E-state index contributed by atoms with van der Waals surface area (Å²) in [5.74, 6) is 0. The number of aliphatic hydroxyl groups is 1. The number of nitrogens with zero attached hydrogens (tertiary/aromatic N) is 1. The predicted octanol–water partition coefficient (Wildman–Crippen LogP) is -0.282. The Morgan fingerprint density at radius 1 is 1.00 bits per heavy atom. The standard InChI is InChI=1S/C7H19NO7P2/c1-8(2)6(9)4-3-5-7(16(10,11)12)17(13,14)15/h6-7,9H,3-5H2,1-2H3,(H2,10,11,12)(H2,13,14,15). The zero-order valence-corrected chi connectivity index (χ0v) is 11.5. The van der Waals surface area contributed by atoms with Gasteiger partial charge in [-0.3, -0.25) is 14.0 Å². The maximum absolute atomic E-state index is 10.9. The Morgan fingerprint density at radius 3 is 1.71 bits per heavy atom. The lowest BCUT2D eigenvalue weighted by Gasteiger charge is -2.21. The molecule has 0 rings (SSSR count). The van der Waals surface area contributed by atoms with Gasteiger partial charge in [-0.15, -0.1) is 0 Å². The fourth-order valence-corrected chi connectivity index (χ4v) is 3.88. The molecule has 0 aromatic carbocycles. The summed E-state index contributed by atoms with van der Waals surface area (Å²) >= 11 is 0. The number of rotatable bonds is 7. The van der Waals surface area contributed by atoms with E-state index in [-0.39, 0.29) is 19.3 Å². The molecule has 0 aromatic rings. The Morgan fingerprint density at radius 2 is 1.41 bits per heavy atom. The van der Waals surface area contributed by atoms with Gasteiger partial charge in [0.1, 0.15) is 6.23 Å². The van der Waals surface area contributed by atoms with Crippen molar-refractivity contribution in [3.8, 4) is 0 Å². The van der Waals surface area contributed by atoms with Gasteiger partial charge >= 0.3 is 15.2 Å². The van der Waals surface area contributed by atoms with Crippen molar-refractivity contribution in [3.05, 3.63) is 0 Å². The number of aliphatic hydroxyl groups excluding tert-OH is 1. The molecular formula is C7H19NO7P2. The Kier molecular flexibility index (Phi) is 6.49. The highest BCUT2D eigenvalue weighted by Crippen LogP contribution is 2.61. The minimum Gasteiger partial charge on any atom is -0.378 e. The zero-order chi connectivity index (χ0) is 13.9. The van der Waals surface area contributed by atoms with E-state index in [1.807, 2.05) is 0 Å². The third kappa shape index (κ3) is 6.64. The molecule has 0 heterocycles. The van der Waals surface area contributed by atoms with Crippen LogP contribution in [-0.4, -0.2) is 55.3 Å². The van der Waals surface area contributed by atoms with Crippen molar-refractivity contribution in [2.45, 2.75) is 30.9 Å². The average Bonchev–Trinajstić information content (AvgIpc) is 2.07. The molecule has 104 valence electrons. The topological polar surface area (TPSA) is 139 Å². The molecule has 0 fully saturated rings. The highest BCUT2D eigenvalue weighted by atomic mass is 31.2. The van der Waals surface area contributed by atoms with E-state index in [0.29, 0.717) is 0 Å². The molecule has 10 heteroatoms. The largest absolute Gasteiger partial charge is 0.378 e. The van der Waals surface area contributed by atoms with E-state index in [1.54, 1.807) is 14.1 Å². The van der Waals surface area contributed by atoms with Crippen LogP contribution in [0.2, 0.25) is 0 Å². The van der Waals surface area contributed by atoms with Crippen LogP contribution < -0.4 is 0 Å². The molecule has 1 atom stereocenters. The van der Waals surface area contributed by atoms with Crippen LogP contribution in [-0.2, 0) is 9.13 Å². The minimum absolute atomic E-state index is 0.111. The van der Waals surface area contributed by atoms with Crippen LogP contribution in [0.25, 0.3) is 0 Å². The molecular weight excluding hydrogens is 272 g/mol. The van der Waals surface area contributed by atoms with Crippen molar-refractivity contribution in [2.75, 3.05) is 14.1 Å². The van der Waals surface area contributed by atoms with Crippen LogP contribution in [0.15, 0.2) is 0 Å². The second-order valence-corrected chi connectivity index (χ2v) is 8.04. The molecule has 17 heavy (non-hydrogen) atoms. The van der Waals surface area contributed by atoms with Gasteiger partial charge < -0.3 is 24.7 Å². The van der Waals surface area contributed by atoms with E-state index in [2.05, 4.69) is 0 Å². The average molecular weight is 291 g/mol. The van der Waals surface area contributed by atoms with E-state index in [1.165, 1.54) is 4.90 Å². The van der Waals surface area contributed by atoms with Crippen molar-refractivity contribution < 1.29 is 33.8 Å².